The zero-order valence-electron chi connectivity index (χ0n) is 10.9. The van der Waals surface area contributed by atoms with Crippen LogP contribution in [0.15, 0.2) is 36.5 Å². The van der Waals surface area contributed by atoms with Crippen molar-refractivity contribution >= 4 is 61.2 Å². The number of benzene rings is 1. The number of nitrogens with one attached hydrogen (secondary N) is 1. The molecule has 0 aliphatic rings. The molecule has 0 aliphatic carbocycles. The Balaban J connectivity index is 1.87. The van der Waals surface area contributed by atoms with Crippen molar-refractivity contribution < 1.29 is 14.7 Å². The summed E-state index contributed by atoms with van der Waals surface area (Å²) in [5, 5.41) is 12.1. The molecule has 0 saturated heterocycles. The summed E-state index contributed by atoms with van der Waals surface area (Å²) in [6.07, 6.45) is 1.56. The van der Waals surface area contributed by atoms with Gasteiger partial charge in [0.2, 0.25) is 0 Å². The summed E-state index contributed by atoms with van der Waals surface area (Å²) in [7, 11) is 0. The highest BCUT2D eigenvalue weighted by atomic mass is 127. The number of carbonyl (C=O) groups excluding carboxylic acids is 1. The lowest BCUT2D eigenvalue weighted by atomic mass is 10.2. The Hall–Kier alpha value is -2.07. The lowest BCUT2D eigenvalue weighted by Gasteiger charge is -2.01. The van der Waals surface area contributed by atoms with Gasteiger partial charge in [-0.1, -0.05) is 11.3 Å². The number of fused-ring (bicyclic) bond motifs is 1. The Morgan fingerprint density at radius 2 is 2.00 bits per heavy atom. The van der Waals surface area contributed by atoms with E-state index < -0.39 is 5.97 Å². The molecule has 1 aromatic carbocycles. The fourth-order valence-electron chi connectivity index (χ4n) is 1.82. The third-order valence-electron chi connectivity index (χ3n) is 2.84. The lowest BCUT2D eigenvalue weighted by Crippen LogP contribution is -2.11. The van der Waals surface area contributed by atoms with E-state index >= 15 is 0 Å². The number of carbonyl (C=O) groups is 2. The van der Waals surface area contributed by atoms with Gasteiger partial charge in [-0.3, -0.25) is 15.1 Å². The highest BCUT2D eigenvalue weighted by Gasteiger charge is 2.12. The smallest absolute Gasteiger partial charge is 0.335 e. The van der Waals surface area contributed by atoms with Gasteiger partial charge in [-0.25, -0.2) is 9.78 Å². The van der Waals surface area contributed by atoms with Crippen LogP contribution in [0, 0.1) is 3.70 Å². The number of aromatic nitrogens is 2. The maximum atomic E-state index is 12.1. The van der Waals surface area contributed by atoms with Crippen LogP contribution in [0.1, 0.15) is 20.7 Å². The molecule has 0 aliphatic heterocycles. The van der Waals surface area contributed by atoms with Crippen molar-refractivity contribution in [2.24, 2.45) is 0 Å². The predicted molar refractivity (Wildman–Crippen MR) is 91.5 cm³/mol. The molecule has 110 valence electrons. The van der Waals surface area contributed by atoms with E-state index in [2.05, 4.69) is 15.3 Å². The number of amides is 1. The largest absolute Gasteiger partial charge is 0.478 e. The van der Waals surface area contributed by atoms with Gasteiger partial charge in [0.25, 0.3) is 5.91 Å². The van der Waals surface area contributed by atoms with Gasteiger partial charge in [0.15, 0.2) is 5.13 Å². The first-order chi connectivity index (χ1) is 10.5. The molecule has 0 spiro atoms. The fraction of sp³-hybridized carbons (Fsp3) is 0. The van der Waals surface area contributed by atoms with Crippen molar-refractivity contribution in [2.45, 2.75) is 0 Å². The first kappa shape index (κ1) is 14.9. The summed E-state index contributed by atoms with van der Waals surface area (Å²) in [4.78, 5) is 31.4. The summed E-state index contributed by atoms with van der Waals surface area (Å²) in [6, 6.07) is 7.95. The van der Waals surface area contributed by atoms with Crippen molar-refractivity contribution in [3.05, 3.63) is 51.4 Å². The first-order valence-electron chi connectivity index (χ1n) is 6.10. The standard InChI is InChI=1S/C14H8IN3O3S/c15-11-6-7(3-4-16-11)12(19)18-14-17-9-2-1-8(13(20)21)5-10(9)22-14/h1-6H,(H,20,21)(H,17,18,19). The Labute approximate surface area is 142 Å². The number of rotatable bonds is 3. The molecule has 2 N–H and O–H groups in total. The average molecular weight is 425 g/mol. The van der Waals surface area contributed by atoms with Gasteiger partial charge in [-0.05, 0) is 52.9 Å². The molecule has 8 heteroatoms. The molecule has 22 heavy (non-hydrogen) atoms. The maximum absolute atomic E-state index is 12.1. The number of carboxylic acids is 1. The van der Waals surface area contributed by atoms with Crippen LogP contribution in [0.4, 0.5) is 5.13 Å². The van der Waals surface area contributed by atoms with Crippen LogP contribution in [-0.4, -0.2) is 27.0 Å². The Morgan fingerprint density at radius 1 is 1.18 bits per heavy atom. The Bertz CT molecular complexity index is 894. The van der Waals surface area contributed by atoms with Crippen LogP contribution < -0.4 is 5.32 Å². The van der Waals surface area contributed by atoms with E-state index in [0.29, 0.717) is 20.9 Å². The number of thiazole rings is 1. The van der Waals surface area contributed by atoms with Crippen LogP contribution in [0.5, 0.6) is 0 Å². The van der Waals surface area contributed by atoms with E-state index in [9.17, 15) is 9.59 Å². The van der Waals surface area contributed by atoms with Gasteiger partial charge in [0, 0.05) is 11.8 Å². The number of anilines is 1. The zero-order chi connectivity index (χ0) is 15.7. The summed E-state index contributed by atoms with van der Waals surface area (Å²) in [6.45, 7) is 0. The van der Waals surface area contributed by atoms with Crippen molar-refractivity contribution in [1.82, 2.24) is 9.97 Å². The summed E-state index contributed by atoms with van der Waals surface area (Å²) < 4.78 is 1.43. The van der Waals surface area contributed by atoms with Gasteiger partial charge in [-0.15, -0.1) is 0 Å². The van der Waals surface area contributed by atoms with Gasteiger partial charge in [0.05, 0.1) is 15.8 Å². The second-order valence-corrected chi connectivity index (χ2v) is 6.46. The molecule has 6 nitrogen and oxygen atoms in total. The third kappa shape index (κ3) is 3.07. The van der Waals surface area contributed by atoms with E-state index in [0.717, 1.165) is 3.70 Å². The third-order valence-corrected chi connectivity index (χ3v) is 4.37. The number of carboxylic acid groups (broad SMARTS) is 1. The maximum Gasteiger partial charge on any atom is 0.335 e. The Morgan fingerprint density at radius 3 is 2.73 bits per heavy atom. The van der Waals surface area contributed by atoms with E-state index in [1.54, 1.807) is 30.5 Å². The zero-order valence-corrected chi connectivity index (χ0v) is 13.9. The van der Waals surface area contributed by atoms with E-state index in [1.165, 1.54) is 17.4 Å². The van der Waals surface area contributed by atoms with Gasteiger partial charge in [0.1, 0.15) is 3.70 Å². The SMILES string of the molecule is O=C(O)c1ccc2nc(NC(=O)c3ccnc(I)c3)sc2c1. The molecule has 0 unspecified atom stereocenters. The molecule has 0 fully saturated rings. The number of hydrogen-bond acceptors (Lipinski definition) is 5. The number of hydrogen-bond donors (Lipinski definition) is 2. The molecule has 0 radical (unpaired) electrons. The van der Waals surface area contributed by atoms with Crippen LogP contribution in [0.3, 0.4) is 0 Å². The van der Waals surface area contributed by atoms with Crippen molar-refractivity contribution in [2.75, 3.05) is 5.32 Å². The van der Waals surface area contributed by atoms with Crippen LogP contribution in [-0.2, 0) is 0 Å². The van der Waals surface area contributed by atoms with Gasteiger partial charge < -0.3 is 5.11 Å². The molecule has 3 aromatic rings. The minimum Gasteiger partial charge on any atom is -0.478 e. The molecular formula is C14H8IN3O3S. The van der Waals surface area contributed by atoms with Crippen LogP contribution in [0.25, 0.3) is 10.2 Å². The molecule has 0 bridgehead atoms. The minimum absolute atomic E-state index is 0.192. The quantitative estimate of drug-likeness (QED) is 0.497. The molecule has 3 rings (SSSR count). The van der Waals surface area contributed by atoms with E-state index in [4.69, 9.17) is 5.11 Å². The summed E-state index contributed by atoms with van der Waals surface area (Å²) in [5.74, 6) is -1.27. The summed E-state index contributed by atoms with van der Waals surface area (Å²) >= 11 is 3.26. The summed E-state index contributed by atoms with van der Waals surface area (Å²) in [5.41, 5.74) is 1.33. The first-order valence-corrected chi connectivity index (χ1v) is 7.99. The number of nitrogens with zero attached hydrogens (tertiary/aromatic N) is 2. The predicted octanol–water partition coefficient (Wildman–Crippen LogP) is 3.25. The number of aromatic carboxylic acids is 1. The lowest BCUT2D eigenvalue weighted by molar-refractivity contribution is 0.0697. The second kappa shape index (κ2) is 5.97. The van der Waals surface area contributed by atoms with E-state index in [-0.39, 0.29) is 11.5 Å². The van der Waals surface area contributed by atoms with E-state index in [1.807, 2.05) is 22.6 Å². The van der Waals surface area contributed by atoms with Crippen molar-refractivity contribution in [1.29, 1.82) is 0 Å². The normalized spacial score (nSPS) is 10.6. The monoisotopic (exact) mass is 425 g/mol. The van der Waals surface area contributed by atoms with Gasteiger partial charge in [-0.2, -0.15) is 0 Å². The topological polar surface area (TPSA) is 92.2 Å². The van der Waals surface area contributed by atoms with Gasteiger partial charge >= 0.3 is 5.97 Å². The number of pyridine rings is 1. The molecular weight excluding hydrogens is 417 g/mol. The van der Waals surface area contributed by atoms with Crippen LogP contribution >= 0.6 is 33.9 Å². The molecule has 0 atom stereocenters. The fourth-order valence-corrected chi connectivity index (χ4v) is 3.22. The molecule has 1 amide bonds. The highest BCUT2D eigenvalue weighted by Crippen LogP contribution is 2.27. The minimum atomic E-state index is -0.993. The van der Waals surface area contributed by atoms with Crippen molar-refractivity contribution in [3.8, 4) is 0 Å². The van der Waals surface area contributed by atoms with Crippen LogP contribution in [0.2, 0.25) is 0 Å². The highest BCUT2D eigenvalue weighted by molar-refractivity contribution is 14.1. The second-order valence-electron chi connectivity index (χ2n) is 4.33. The Kier molecular flexibility index (Phi) is 4.03. The average Bonchev–Trinajstić information content (AvgIpc) is 2.88. The molecule has 2 heterocycles. The van der Waals surface area contributed by atoms with Crippen molar-refractivity contribution in [3.63, 3.8) is 0 Å². The number of halogens is 1. The molecule has 2 aromatic heterocycles. The molecule has 0 saturated carbocycles.